The summed E-state index contributed by atoms with van der Waals surface area (Å²) in [5.41, 5.74) is -0.594. The zero-order chi connectivity index (χ0) is 14.0. The lowest BCUT2D eigenvalue weighted by Gasteiger charge is -2.32. The van der Waals surface area contributed by atoms with E-state index in [1.54, 1.807) is 0 Å². The molecule has 1 saturated heterocycles. The Morgan fingerprint density at radius 2 is 2.05 bits per heavy atom. The van der Waals surface area contributed by atoms with E-state index in [9.17, 15) is 9.90 Å². The molecule has 1 rings (SSSR count). The molecule has 0 aliphatic carbocycles. The smallest absolute Gasteiger partial charge is 0.305 e. The summed E-state index contributed by atoms with van der Waals surface area (Å²) in [6, 6.07) is 0. The molecule has 1 fully saturated rings. The number of unbranched alkanes of at least 4 members (excludes halogenated alkanes) is 2. The lowest BCUT2D eigenvalue weighted by molar-refractivity contribution is -0.143. The van der Waals surface area contributed by atoms with Gasteiger partial charge in [-0.3, -0.25) is 4.79 Å². The zero-order valence-corrected chi connectivity index (χ0v) is 12.0. The molecular formula is C14H27NO4. The Labute approximate surface area is 115 Å². The van der Waals surface area contributed by atoms with Gasteiger partial charge in [0.05, 0.1) is 12.2 Å². The van der Waals surface area contributed by atoms with Gasteiger partial charge in [-0.2, -0.15) is 0 Å². The minimum Gasteiger partial charge on any atom is -0.466 e. The van der Waals surface area contributed by atoms with Crippen LogP contribution in [0.25, 0.3) is 0 Å². The molecule has 0 unspecified atom stereocenters. The molecule has 1 aliphatic heterocycles. The Kier molecular flexibility index (Phi) is 8.02. The molecule has 1 aliphatic rings. The van der Waals surface area contributed by atoms with Crippen LogP contribution in [0.15, 0.2) is 0 Å². The van der Waals surface area contributed by atoms with Crippen molar-refractivity contribution in [2.75, 3.05) is 32.9 Å². The second kappa shape index (κ2) is 9.28. The number of ether oxygens (including phenoxy) is 2. The highest BCUT2D eigenvalue weighted by atomic mass is 16.5. The second-order valence-corrected chi connectivity index (χ2v) is 5.13. The van der Waals surface area contributed by atoms with Gasteiger partial charge in [-0.15, -0.1) is 0 Å². The van der Waals surface area contributed by atoms with Gasteiger partial charge in [0.2, 0.25) is 0 Å². The van der Waals surface area contributed by atoms with Crippen LogP contribution in [0.2, 0.25) is 0 Å². The Balaban J connectivity index is 1.92. The average Bonchev–Trinajstić information content (AvgIpc) is 2.39. The predicted molar refractivity (Wildman–Crippen MR) is 73.0 cm³/mol. The summed E-state index contributed by atoms with van der Waals surface area (Å²) in [6.45, 7) is 5.10. The van der Waals surface area contributed by atoms with E-state index < -0.39 is 5.60 Å². The van der Waals surface area contributed by atoms with Crippen LogP contribution in [-0.2, 0) is 14.3 Å². The van der Waals surface area contributed by atoms with Crippen molar-refractivity contribution in [3.63, 3.8) is 0 Å². The molecule has 0 aromatic rings. The summed E-state index contributed by atoms with van der Waals surface area (Å²) in [5.74, 6) is -0.105. The van der Waals surface area contributed by atoms with Crippen LogP contribution in [-0.4, -0.2) is 49.6 Å². The highest BCUT2D eigenvalue weighted by Crippen LogP contribution is 2.19. The maximum absolute atomic E-state index is 11.1. The zero-order valence-electron chi connectivity index (χ0n) is 12.0. The number of nitrogens with one attached hydrogen (secondary N) is 1. The SMILES string of the molecule is CCOC(=O)CCCCCNCC1(O)CCOCC1. The maximum atomic E-state index is 11.1. The fourth-order valence-electron chi connectivity index (χ4n) is 2.18. The van der Waals surface area contributed by atoms with Crippen molar-refractivity contribution in [3.05, 3.63) is 0 Å². The first kappa shape index (κ1) is 16.4. The molecule has 0 bridgehead atoms. The fourth-order valence-corrected chi connectivity index (χ4v) is 2.18. The van der Waals surface area contributed by atoms with Gasteiger partial charge in [-0.1, -0.05) is 6.42 Å². The highest BCUT2D eigenvalue weighted by Gasteiger charge is 2.28. The van der Waals surface area contributed by atoms with Crippen molar-refractivity contribution in [1.82, 2.24) is 5.32 Å². The van der Waals surface area contributed by atoms with Gasteiger partial charge < -0.3 is 19.9 Å². The number of hydrogen-bond acceptors (Lipinski definition) is 5. The van der Waals surface area contributed by atoms with E-state index in [-0.39, 0.29) is 5.97 Å². The van der Waals surface area contributed by atoms with Crippen LogP contribution < -0.4 is 5.32 Å². The first-order valence-electron chi connectivity index (χ1n) is 7.33. The molecule has 0 atom stereocenters. The predicted octanol–water partition coefficient (Wildman–Crippen LogP) is 1.24. The Bertz CT molecular complexity index is 252. The number of aliphatic hydroxyl groups is 1. The molecule has 0 radical (unpaired) electrons. The van der Waals surface area contributed by atoms with Crippen LogP contribution in [0.4, 0.5) is 0 Å². The second-order valence-electron chi connectivity index (χ2n) is 5.13. The Morgan fingerprint density at radius 3 is 2.74 bits per heavy atom. The van der Waals surface area contributed by atoms with E-state index in [0.717, 1.165) is 25.8 Å². The third-order valence-corrected chi connectivity index (χ3v) is 3.42. The molecule has 0 aromatic carbocycles. The van der Waals surface area contributed by atoms with E-state index >= 15 is 0 Å². The molecule has 0 amide bonds. The van der Waals surface area contributed by atoms with Crippen molar-refractivity contribution in [2.24, 2.45) is 0 Å². The normalized spacial score (nSPS) is 18.2. The summed E-state index contributed by atoms with van der Waals surface area (Å²) in [6.07, 6.45) is 4.83. The van der Waals surface area contributed by atoms with Gasteiger partial charge in [-0.05, 0) is 26.3 Å². The first-order chi connectivity index (χ1) is 9.16. The number of rotatable bonds is 9. The minimum atomic E-state index is -0.594. The highest BCUT2D eigenvalue weighted by molar-refractivity contribution is 5.69. The molecule has 0 spiro atoms. The van der Waals surface area contributed by atoms with E-state index in [4.69, 9.17) is 9.47 Å². The molecular weight excluding hydrogens is 246 g/mol. The monoisotopic (exact) mass is 273 g/mol. The molecule has 0 saturated carbocycles. The molecule has 5 nitrogen and oxygen atoms in total. The number of carbonyl (C=O) groups excluding carboxylic acids is 1. The summed E-state index contributed by atoms with van der Waals surface area (Å²) in [4.78, 5) is 11.1. The number of esters is 1. The standard InChI is InChI=1S/C14H27NO4/c1-2-19-13(16)6-4-3-5-9-15-12-14(17)7-10-18-11-8-14/h15,17H,2-12H2,1H3. The first-order valence-corrected chi connectivity index (χ1v) is 7.33. The van der Waals surface area contributed by atoms with Gasteiger partial charge in [0.15, 0.2) is 0 Å². The lowest BCUT2D eigenvalue weighted by Crippen LogP contribution is -2.45. The van der Waals surface area contributed by atoms with E-state index in [1.807, 2.05) is 6.92 Å². The third kappa shape index (κ3) is 7.50. The van der Waals surface area contributed by atoms with Crippen LogP contribution >= 0.6 is 0 Å². The number of hydrogen-bond donors (Lipinski definition) is 2. The summed E-state index contributed by atoms with van der Waals surface area (Å²) >= 11 is 0. The molecule has 5 heteroatoms. The van der Waals surface area contributed by atoms with Crippen LogP contribution in [0, 0.1) is 0 Å². The Hall–Kier alpha value is -0.650. The van der Waals surface area contributed by atoms with E-state index in [2.05, 4.69) is 5.32 Å². The Morgan fingerprint density at radius 1 is 1.32 bits per heavy atom. The topological polar surface area (TPSA) is 67.8 Å². The minimum absolute atomic E-state index is 0.105. The van der Waals surface area contributed by atoms with Crippen molar-refractivity contribution in [2.45, 2.75) is 51.0 Å². The van der Waals surface area contributed by atoms with Crippen molar-refractivity contribution in [1.29, 1.82) is 0 Å². The van der Waals surface area contributed by atoms with Crippen LogP contribution in [0.3, 0.4) is 0 Å². The van der Waals surface area contributed by atoms with Crippen LogP contribution in [0.5, 0.6) is 0 Å². The molecule has 1 heterocycles. The fraction of sp³-hybridized carbons (Fsp3) is 0.929. The number of carbonyl (C=O) groups is 1. The summed E-state index contributed by atoms with van der Waals surface area (Å²) < 4.78 is 10.1. The van der Waals surface area contributed by atoms with E-state index in [1.165, 1.54) is 0 Å². The molecule has 0 aromatic heterocycles. The third-order valence-electron chi connectivity index (χ3n) is 3.42. The average molecular weight is 273 g/mol. The van der Waals surface area contributed by atoms with Gasteiger partial charge in [0.25, 0.3) is 0 Å². The summed E-state index contributed by atoms with van der Waals surface area (Å²) in [7, 11) is 0. The quantitative estimate of drug-likeness (QED) is 0.489. The van der Waals surface area contributed by atoms with Gasteiger partial charge in [-0.25, -0.2) is 0 Å². The summed E-state index contributed by atoms with van der Waals surface area (Å²) in [5, 5.41) is 13.5. The van der Waals surface area contributed by atoms with Crippen molar-refractivity contribution in [3.8, 4) is 0 Å². The maximum Gasteiger partial charge on any atom is 0.305 e. The largest absolute Gasteiger partial charge is 0.466 e. The lowest BCUT2D eigenvalue weighted by atomic mass is 9.94. The molecule has 2 N–H and O–H groups in total. The van der Waals surface area contributed by atoms with Crippen molar-refractivity contribution < 1.29 is 19.4 Å². The van der Waals surface area contributed by atoms with Gasteiger partial charge >= 0.3 is 5.97 Å². The van der Waals surface area contributed by atoms with E-state index in [0.29, 0.717) is 45.6 Å². The van der Waals surface area contributed by atoms with Gasteiger partial charge in [0, 0.05) is 39.0 Å². The van der Waals surface area contributed by atoms with Crippen molar-refractivity contribution >= 4 is 5.97 Å². The van der Waals surface area contributed by atoms with Crippen LogP contribution in [0.1, 0.15) is 45.4 Å². The molecule has 112 valence electrons. The molecule has 19 heavy (non-hydrogen) atoms. The van der Waals surface area contributed by atoms with Gasteiger partial charge in [0.1, 0.15) is 0 Å².